The van der Waals surface area contributed by atoms with Crippen LogP contribution in [0.2, 0.25) is 0 Å². The number of rotatable bonds is 8. The smallest absolute Gasteiger partial charge is 0.237 e. The van der Waals surface area contributed by atoms with Crippen molar-refractivity contribution < 1.29 is 4.79 Å². The average molecular weight is 431 g/mol. The zero-order valence-electron chi connectivity index (χ0n) is 18.7. The lowest BCUT2D eigenvalue weighted by molar-refractivity contribution is -0.135. The summed E-state index contributed by atoms with van der Waals surface area (Å²) in [6.45, 7) is 6.11. The van der Waals surface area contributed by atoms with E-state index in [2.05, 4.69) is 51.1 Å². The van der Waals surface area contributed by atoms with Gasteiger partial charge in [-0.3, -0.25) is 14.7 Å². The molecule has 3 aromatic rings. The van der Waals surface area contributed by atoms with E-state index in [9.17, 15) is 4.79 Å². The van der Waals surface area contributed by atoms with Crippen molar-refractivity contribution in [2.45, 2.75) is 45.3 Å². The van der Waals surface area contributed by atoms with Crippen LogP contribution in [0.3, 0.4) is 0 Å². The van der Waals surface area contributed by atoms with Crippen molar-refractivity contribution in [3.8, 4) is 0 Å². The number of pyridine rings is 1. The molecule has 1 aliphatic heterocycles. The number of hydrogen-bond donors (Lipinski definition) is 1. The van der Waals surface area contributed by atoms with Crippen LogP contribution in [0.25, 0.3) is 0 Å². The van der Waals surface area contributed by atoms with Gasteiger partial charge in [-0.1, -0.05) is 30.3 Å². The van der Waals surface area contributed by atoms with Gasteiger partial charge in [0.25, 0.3) is 0 Å². The van der Waals surface area contributed by atoms with Gasteiger partial charge in [-0.05, 0) is 57.0 Å². The number of nitrogens with zero attached hydrogens (tertiary/aromatic N) is 5. The van der Waals surface area contributed by atoms with Gasteiger partial charge in [0.2, 0.25) is 11.9 Å². The van der Waals surface area contributed by atoms with Crippen molar-refractivity contribution in [3.63, 3.8) is 0 Å². The van der Waals surface area contributed by atoms with E-state index in [-0.39, 0.29) is 18.0 Å². The van der Waals surface area contributed by atoms with Gasteiger partial charge in [-0.15, -0.1) is 0 Å². The van der Waals surface area contributed by atoms with Crippen molar-refractivity contribution in [2.24, 2.45) is 0 Å². The van der Waals surface area contributed by atoms with Crippen LogP contribution in [-0.2, 0) is 11.3 Å². The van der Waals surface area contributed by atoms with E-state index in [4.69, 9.17) is 0 Å². The van der Waals surface area contributed by atoms with Crippen molar-refractivity contribution in [1.29, 1.82) is 0 Å². The van der Waals surface area contributed by atoms with Crippen LogP contribution >= 0.6 is 0 Å². The first-order valence-electron chi connectivity index (χ1n) is 11.2. The van der Waals surface area contributed by atoms with Crippen LogP contribution in [0.5, 0.6) is 0 Å². The SMILES string of the molecule is CC(C)N(Cc1ccccc1)C(=O)CN1CCC[C@H]1c1ccc(Nc2ncccn2)cn1. The summed E-state index contributed by atoms with van der Waals surface area (Å²) in [5, 5.41) is 3.16. The van der Waals surface area contributed by atoms with Gasteiger partial charge in [0.05, 0.1) is 30.2 Å². The number of likely N-dealkylation sites (tertiary alicyclic amines) is 1. The predicted octanol–water partition coefficient (Wildman–Crippen LogP) is 4.19. The van der Waals surface area contributed by atoms with E-state index < -0.39 is 0 Å². The molecule has 1 amide bonds. The highest BCUT2D eigenvalue weighted by atomic mass is 16.2. The molecule has 7 nitrogen and oxygen atoms in total. The molecular formula is C25H30N6O. The number of nitrogens with one attached hydrogen (secondary N) is 1. The summed E-state index contributed by atoms with van der Waals surface area (Å²) in [7, 11) is 0. The third-order valence-electron chi connectivity index (χ3n) is 5.79. The minimum atomic E-state index is 0.146. The lowest BCUT2D eigenvalue weighted by Crippen LogP contribution is -2.43. The maximum Gasteiger partial charge on any atom is 0.237 e. The third-order valence-corrected chi connectivity index (χ3v) is 5.79. The minimum Gasteiger partial charge on any atom is -0.335 e. The molecule has 0 bridgehead atoms. The normalized spacial score (nSPS) is 16.3. The van der Waals surface area contributed by atoms with E-state index >= 15 is 0 Å². The Balaban J connectivity index is 1.40. The standard InChI is InChI=1S/C25H30N6O/c1-19(2)31(17-20-8-4-3-5-9-20)24(32)18-30-15-6-10-23(30)22-12-11-21(16-28-22)29-25-26-13-7-14-27-25/h3-5,7-9,11-14,16,19,23H,6,10,15,17-18H2,1-2H3,(H,26,27,29)/t23-/m0/s1. The summed E-state index contributed by atoms with van der Waals surface area (Å²) in [5.41, 5.74) is 2.99. The zero-order chi connectivity index (χ0) is 22.3. The number of aromatic nitrogens is 3. The first-order chi connectivity index (χ1) is 15.6. The Labute approximate surface area is 189 Å². The highest BCUT2D eigenvalue weighted by molar-refractivity contribution is 5.78. The summed E-state index contributed by atoms with van der Waals surface area (Å²) in [4.78, 5) is 30.5. The molecule has 0 saturated carbocycles. The second-order valence-electron chi connectivity index (χ2n) is 8.40. The van der Waals surface area contributed by atoms with E-state index in [0.717, 1.165) is 36.3 Å². The Morgan fingerprint density at radius 1 is 1.09 bits per heavy atom. The van der Waals surface area contributed by atoms with Crippen molar-refractivity contribution >= 4 is 17.5 Å². The number of anilines is 2. The van der Waals surface area contributed by atoms with Gasteiger partial charge in [0.1, 0.15) is 0 Å². The van der Waals surface area contributed by atoms with Crippen LogP contribution in [0.1, 0.15) is 44.0 Å². The molecule has 0 aliphatic carbocycles. The molecule has 1 N–H and O–H groups in total. The largest absolute Gasteiger partial charge is 0.335 e. The highest BCUT2D eigenvalue weighted by Gasteiger charge is 2.30. The second-order valence-corrected chi connectivity index (χ2v) is 8.40. The van der Waals surface area contributed by atoms with Crippen LogP contribution in [0.15, 0.2) is 67.1 Å². The fraction of sp³-hybridized carbons (Fsp3) is 0.360. The minimum absolute atomic E-state index is 0.146. The predicted molar refractivity (Wildman–Crippen MR) is 125 cm³/mol. The summed E-state index contributed by atoms with van der Waals surface area (Å²) >= 11 is 0. The number of benzene rings is 1. The molecule has 1 atom stereocenters. The maximum atomic E-state index is 13.2. The van der Waals surface area contributed by atoms with Gasteiger partial charge in [0.15, 0.2) is 0 Å². The Morgan fingerprint density at radius 2 is 1.88 bits per heavy atom. The maximum absolute atomic E-state index is 13.2. The summed E-state index contributed by atoms with van der Waals surface area (Å²) < 4.78 is 0. The zero-order valence-corrected chi connectivity index (χ0v) is 18.7. The molecule has 4 rings (SSSR count). The number of carbonyl (C=O) groups excluding carboxylic acids is 1. The second kappa shape index (κ2) is 10.3. The molecule has 7 heteroatoms. The molecule has 1 aliphatic rings. The van der Waals surface area contributed by atoms with E-state index in [1.165, 1.54) is 0 Å². The fourth-order valence-corrected chi connectivity index (χ4v) is 4.12. The number of hydrogen-bond acceptors (Lipinski definition) is 6. The quantitative estimate of drug-likeness (QED) is 0.578. The third kappa shape index (κ3) is 5.48. The molecule has 2 aromatic heterocycles. The Hall–Kier alpha value is -3.32. The summed E-state index contributed by atoms with van der Waals surface area (Å²) in [5.74, 6) is 0.706. The molecule has 166 valence electrons. The lowest BCUT2D eigenvalue weighted by atomic mass is 10.1. The van der Waals surface area contributed by atoms with Crippen LogP contribution in [0, 0.1) is 0 Å². The summed E-state index contributed by atoms with van der Waals surface area (Å²) in [6, 6.07) is 16.3. The average Bonchev–Trinajstić information content (AvgIpc) is 3.27. The molecule has 0 unspecified atom stereocenters. The Bertz CT molecular complexity index is 994. The summed E-state index contributed by atoms with van der Waals surface area (Å²) in [6.07, 6.45) is 7.28. The van der Waals surface area contributed by atoms with E-state index in [1.54, 1.807) is 24.7 Å². The Morgan fingerprint density at radius 3 is 2.56 bits per heavy atom. The van der Waals surface area contributed by atoms with Crippen molar-refractivity contribution in [2.75, 3.05) is 18.4 Å². The molecule has 1 fully saturated rings. The lowest BCUT2D eigenvalue weighted by Gasteiger charge is -2.31. The van der Waals surface area contributed by atoms with Crippen LogP contribution < -0.4 is 5.32 Å². The van der Waals surface area contributed by atoms with Gasteiger partial charge in [-0.2, -0.15) is 0 Å². The topological polar surface area (TPSA) is 74.2 Å². The van der Waals surface area contributed by atoms with Gasteiger partial charge in [0, 0.05) is 25.0 Å². The molecule has 32 heavy (non-hydrogen) atoms. The monoisotopic (exact) mass is 430 g/mol. The van der Waals surface area contributed by atoms with Gasteiger partial charge in [-0.25, -0.2) is 9.97 Å². The first-order valence-corrected chi connectivity index (χ1v) is 11.2. The van der Waals surface area contributed by atoms with E-state index in [0.29, 0.717) is 19.0 Å². The molecule has 1 saturated heterocycles. The highest BCUT2D eigenvalue weighted by Crippen LogP contribution is 2.31. The van der Waals surface area contributed by atoms with Gasteiger partial charge < -0.3 is 10.2 Å². The van der Waals surface area contributed by atoms with Crippen molar-refractivity contribution in [1.82, 2.24) is 24.8 Å². The van der Waals surface area contributed by atoms with Crippen molar-refractivity contribution in [3.05, 3.63) is 78.4 Å². The van der Waals surface area contributed by atoms with Gasteiger partial charge >= 0.3 is 0 Å². The van der Waals surface area contributed by atoms with Crippen LogP contribution in [0.4, 0.5) is 11.6 Å². The molecule has 1 aromatic carbocycles. The molecule has 0 radical (unpaired) electrons. The molecule has 3 heterocycles. The molecule has 0 spiro atoms. The number of carbonyl (C=O) groups is 1. The Kier molecular flexibility index (Phi) is 7.07. The fourth-order valence-electron chi connectivity index (χ4n) is 4.12. The van der Waals surface area contributed by atoms with Crippen LogP contribution in [-0.4, -0.2) is 49.8 Å². The first kappa shape index (κ1) is 21.9. The number of amides is 1. The van der Waals surface area contributed by atoms with E-state index in [1.807, 2.05) is 35.2 Å². The molecular weight excluding hydrogens is 400 g/mol.